The highest BCUT2D eigenvalue weighted by molar-refractivity contribution is 7.80. The molecule has 0 amide bonds. The highest BCUT2D eigenvalue weighted by Crippen LogP contribution is 2.39. The summed E-state index contributed by atoms with van der Waals surface area (Å²) in [6.45, 7) is 4.29. The van der Waals surface area contributed by atoms with E-state index < -0.39 is 0 Å². The summed E-state index contributed by atoms with van der Waals surface area (Å²) in [5, 5.41) is 8.27. The van der Waals surface area contributed by atoms with Crippen molar-refractivity contribution < 1.29 is 0 Å². The fourth-order valence-electron chi connectivity index (χ4n) is 5.45. The van der Waals surface area contributed by atoms with Gasteiger partial charge < -0.3 is 20.4 Å². The molecule has 1 aromatic heterocycles. The monoisotopic (exact) mass is 554 g/mol. The number of hydrogen-bond acceptors (Lipinski definition) is 5. The minimum absolute atomic E-state index is 0.0351. The first kappa shape index (κ1) is 26.0. The van der Waals surface area contributed by atoms with Crippen molar-refractivity contribution in [1.29, 1.82) is 0 Å². The molecule has 194 valence electrons. The number of halogens is 2. The second-order valence-electron chi connectivity index (χ2n) is 9.84. The van der Waals surface area contributed by atoms with E-state index in [4.69, 9.17) is 40.4 Å². The molecule has 2 N–H and O–H groups in total. The molecule has 5 rings (SSSR count). The predicted octanol–water partition coefficient (Wildman–Crippen LogP) is 6.30. The number of hydrogen-bond donors (Lipinski definition) is 2. The lowest BCUT2D eigenvalue weighted by atomic mass is 9.69. The normalized spacial score (nSPS) is 17.4. The number of anilines is 3. The second-order valence-corrected chi connectivity index (χ2v) is 11.1. The molecule has 2 aliphatic rings. The summed E-state index contributed by atoms with van der Waals surface area (Å²) in [6, 6.07) is 20.6. The van der Waals surface area contributed by atoms with Crippen molar-refractivity contribution in [2.75, 3.05) is 47.8 Å². The Kier molecular flexibility index (Phi) is 8.33. The van der Waals surface area contributed by atoms with E-state index in [1.54, 1.807) is 0 Å². The highest BCUT2D eigenvalue weighted by atomic mass is 35.5. The Balaban J connectivity index is 1.21. The van der Waals surface area contributed by atoms with Gasteiger partial charge in [0.2, 0.25) is 5.95 Å². The fraction of sp³-hybridized carbons (Fsp3) is 0.393. The maximum atomic E-state index is 6.39. The van der Waals surface area contributed by atoms with Crippen LogP contribution in [-0.2, 0) is 5.41 Å². The first-order valence-corrected chi connectivity index (χ1v) is 14.1. The van der Waals surface area contributed by atoms with Crippen LogP contribution in [0.2, 0.25) is 10.2 Å². The first-order valence-electron chi connectivity index (χ1n) is 12.9. The van der Waals surface area contributed by atoms with Gasteiger partial charge in [-0.3, -0.25) is 0 Å². The van der Waals surface area contributed by atoms with Crippen LogP contribution in [0.1, 0.15) is 37.7 Å². The Morgan fingerprint density at radius 2 is 1.54 bits per heavy atom. The van der Waals surface area contributed by atoms with Crippen molar-refractivity contribution >= 4 is 58.0 Å². The molecule has 0 spiro atoms. The van der Waals surface area contributed by atoms with Gasteiger partial charge in [0.15, 0.2) is 5.11 Å². The minimum atomic E-state index is 0.0351. The topological polar surface area (TPSA) is 56.3 Å². The van der Waals surface area contributed by atoms with Gasteiger partial charge in [-0.2, -0.15) is 4.98 Å². The molecule has 0 radical (unpaired) electrons. The van der Waals surface area contributed by atoms with E-state index >= 15 is 0 Å². The number of benzene rings is 2. The highest BCUT2D eigenvalue weighted by Gasteiger charge is 2.34. The molecule has 37 heavy (non-hydrogen) atoms. The van der Waals surface area contributed by atoms with Crippen LogP contribution in [0.3, 0.4) is 0 Å². The van der Waals surface area contributed by atoms with E-state index in [0.717, 1.165) is 56.4 Å². The average Bonchev–Trinajstić information content (AvgIpc) is 2.93. The molecule has 1 aliphatic carbocycles. The number of para-hydroxylation sites is 1. The lowest BCUT2D eigenvalue weighted by molar-refractivity contribution is 0.292. The second kappa shape index (κ2) is 11.8. The van der Waals surface area contributed by atoms with Gasteiger partial charge in [-0.15, -0.1) is 0 Å². The molecule has 0 bridgehead atoms. The largest absolute Gasteiger partial charge is 0.368 e. The third-order valence-electron chi connectivity index (χ3n) is 7.49. The van der Waals surface area contributed by atoms with Crippen LogP contribution < -0.4 is 20.4 Å². The Morgan fingerprint density at radius 1 is 0.865 bits per heavy atom. The molecule has 0 atom stereocenters. The zero-order valence-electron chi connectivity index (χ0n) is 20.8. The molecule has 0 unspecified atom stereocenters. The standard InChI is InChI=1S/C28H32Cl2N6S/c29-22-11-9-21(10-12-22)28(13-5-2-6-14-28)20-31-27(37)34-26-32-24(30)19-25(33-26)36-17-15-35(16-18-36)23-7-3-1-4-8-23/h1,3-4,7-12,19H,2,5-6,13-18,20H2,(H2,31,32,33,34,37). The van der Waals surface area contributed by atoms with Crippen molar-refractivity contribution in [3.63, 3.8) is 0 Å². The van der Waals surface area contributed by atoms with Gasteiger partial charge in [-0.1, -0.05) is 72.8 Å². The summed E-state index contributed by atoms with van der Waals surface area (Å²) in [7, 11) is 0. The van der Waals surface area contributed by atoms with Crippen molar-refractivity contribution in [2.24, 2.45) is 0 Å². The van der Waals surface area contributed by atoms with E-state index in [1.165, 1.54) is 30.5 Å². The molecule has 1 aliphatic heterocycles. The van der Waals surface area contributed by atoms with E-state index in [1.807, 2.05) is 24.3 Å². The molecule has 9 heteroatoms. The summed E-state index contributed by atoms with van der Waals surface area (Å²) >= 11 is 18.2. The average molecular weight is 556 g/mol. The summed E-state index contributed by atoms with van der Waals surface area (Å²) in [5.74, 6) is 1.22. The molecule has 2 aromatic carbocycles. The molecule has 6 nitrogen and oxygen atoms in total. The van der Waals surface area contributed by atoms with Crippen LogP contribution in [-0.4, -0.2) is 47.8 Å². The van der Waals surface area contributed by atoms with E-state index in [-0.39, 0.29) is 5.41 Å². The smallest absolute Gasteiger partial charge is 0.232 e. The number of nitrogens with zero attached hydrogens (tertiary/aromatic N) is 4. The van der Waals surface area contributed by atoms with Crippen LogP contribution in [0.25, 0.3) is 0 Å². The van der Waals surface area contributed by atoms with E-state index in [0.29, 0.717) is 16.2 Å². The van der Waals surface area contributed by atoms with Gasteiger partial charge in [0, 0.05) is 54.9 Å². The van der Waals surface area contributed by atoms with Crippen LogP contribution in [0, 0.1) is 0 Å². The minimum Gasteiger partial charge on any atom is -0.368 e. The van der Waals surface area contributed by atoms with Gasteiger partial charge >= 0.3 is 0 Å². The van der Waals surface area contributed by atoms with Gasteiger partial charge in [0.05, 0.1) is 0 Å². The molecule has 1 saturated carbocycles. The van der Waals surface area contributed by atoms with Gasteiger partial charge in [0.25, 0.3) is 0 Å². The molecule has 2 fully saturated rings. The quantitative estimate of drug-likeness (QED) is 0.274. The zero-order valence-corrected chi connectivity index (χ0v) is 23.1. The Labute approximate surface area is 234 Å². The molecule has 1 saturated heterocycles. The molecular weight excluding hydrogens is 523 g/mol. The number of piperazine rings is 1. The van der Waals surface area contributed by atoms with Crippen molar-refractivity contribution in [2.45, 2.75) is 37.5 Å². The maximum Gasteiger partial charge on any atom is 0.232 e. The summed E-state index contributed by atoms with van der Waals surface area (Å²) in [5.41, 5.74) is 2.59. The van der Waals surface area contributed by atoms with Crippen LogP contribution in [0.5, 0.6) is 0 Å². The number of thiocarbonyl (C=S) groups is 1. The van der Waals surface area contributed by atoms with Gasteiger partial charge in [-0.05, 0) is 54.9 Å². The first-order chi connectivity index (χ1) is 18.0. The number of nitrogens with one attached hydrogen (secondary N) is 2. The number of aromatic nitrogens is 2. The van der Waals surface area contributed by atoms with E-state index in [2.05, 4.69) is 61.8 Å². The zero-order chi connectivity index (χ0) is 25.7. The Morgan fingerprint density at radius 3 is 2.24 bits per heavy atom. The van der Waals surface area contributed by atoms with Crippen molar-refractivity contribution in [3.8, 4) is 0 Å². The molecule has 2 heterocycles. The number of rotatable bonds is 6. The fourth-order valence-corrected chi connectivity index (χ4v) is 5.92. The lowest BCUT2D eigenvalue weighted by Gasteiger charge is -2.38. The Bertz CT molecular complexity index is 1190. The van der Waals surface area contributed by atoms with Crippen LogP contribution in [0.4, 0.5) is 17.5 Å². The third kappa shape index (κ3) is 6.46. The summed E-state index contributed by atoms with van der Waals surface area (Å²) < 4.78 is 0. The maximum absolute atomic E-state index is 6.39. The SMILES string of the molecule is S=C(NCC1(c2ccc(Cl)cc2)CCCCC1)Nc1nc(Cl)cc(N2CCN(c3ccccc3)CC2)n1. The molecular formula is C28H32Cl2N6S. The summed E-state index contributed by atoms with van der Waals surface area (Å²) in [6.07, 6.45) is 5.94. The van der Waals surface area contributed by atoms with Crippen LogP contribution in [0.15, 0.2) is 60.7 Å². The van der Waals surface area contributed by atoms with Gasteiger partial charge in [0.1, 0.15) is 11.0 Å². The van der Waals surface area contributed by atoms with Gasteiger partial charge in [-0.25, -0.2) is 4.98 Å². The molecule has 3 aromatic rings. The summed E-state index contributed by atoms with van der Waals surface area (Å²) in [4.78, 5) is 13.7. The lowest BCUT2D eigenvalue weighted by Crippen LogP contribution is -2.47. The van der Waals surface area contributed by atoms with Crippen LogP contribution >= 0.6 is 35.4 Å². The van der Waals surface area contributed by atoms with E-state index in [9.17, 15) is 0 Å². The van der Waals surface area contributed by atoms with Crippen molar-refractivity contribution in [1.82, 2.24) is 15.3 Å². The predicted molar refractivity (Wildman–Crippen MR) is 158 cm³/mol. The van der Waals surface area contributed by atoms with Crippen molar-refractivity contribution in [3.05, 3.63) is 76.4 Å². The third-order valence-corrected chi connectivity index (χ3v) is 8.18. The Hall–Kier alpha value is -2.61.